The van der Waals surface area contributed by atoms with Gasteiger partial charge in [-0.15, -0.1) is 0 Å². The Morgan fingerprint density at radius 1 is 0.600 bits per heavy atom. The lowest BCUT2D eigenvalue weighted by Crippen LogP contribution is -2.09. The summed E-state index contributed by atoms with van der Waals surface area (Å²) in [7, 11) is 0. The third kappa shape index (κ3) is 3.10. The summed E-state index contributed by atoms with van der Waals surface area (Å²) < 4.78 is 0. The number of hydrogen-bond acceptors (Lipinski definition) is 0. The molecule has 0 saturated heterocycles. The van der Waals surface area contributed by atoms with Crippen LogP contribution in [0.1, 0.15) is 56.2 Å². The summed E-state index contributed by atoms with van der Waals surface area (Å²) in [5, 5.41) is 5.34. The number of aromatic amines is 1. The Morgan fingerprint density at radius 2 is 1.23 bits per heavy atom. The average Bonchev–Trinajstić information content (AvgIpc) is 3.11. The predicted octanol–water partition coefficient (Wildman–Crippen LogP) is 8.39. The lowest BCUT2D eigenvalue weighted by Gasteiger charge is -2.24. The van der Waals surface area contributed by atoms with E-state index in [-0.39, 0.29) is 0 Å². The fraction of sp³-hybridized carbons (Fsp3) is 0.241. The molecule has 0 aliphatic heterocycles. The summed E-state index contributed by atoms with van der Waals surface area (Å²) in [4.78, 5) is 3.61. The molecule has 0 amide bonds. The van der Waals surface area contributed by atoms with Gasteiger partial charge in [0.15, 0.2) is 0 Å². The van der Waals surface area contributed by atoms with Gasteiger partial charge < -0.3 is 4.98 Å². The second-order valence-corrected chi connectivity index (χ2v) is 9.18. The highest BCUT2D eigenvalue weighted by atomic mass is 14.7. The Hall–Kier alpha value is -3.06. The van der Waals surface area contributed by atoms with Crippen molar-refractivity contribution in [2.24, 2.45) is 5.92 Å². The van der Waals surface area contributed by atoms with E-state index in [4.69, 9.17) is 0 Å². The van der Waals surface area contributed by atoms with Gasteiger partial charge in [0.05, 0.1) is 0 Å². The maximum Gasteiger partial charge on any atom is 0.0465 e. The minimum absolute atomic E-state index is 0.360. The molecule has 1 nitrogen and oxygen atoms in total. The third-order valence-corrected chi connectivity index (χ3v) is 6.50. The Bertz CT molecular complexity index is 1350. The fourth-order valence-corrected chi connectivity index (χ4v) is 4.93. The number of fused-ring (bicyclic) bond motifs is 4. The maximum absolute atomic E-state index is 3.61. The monoisotopic (exact) mass is 391 g/mol. The topological polar surface area (TPSA) is 15.8 Å². The zero-order chi connectivity index (χ0) is 20.8. The molecule has 1 heteroatoms. The molecule has 0 aliphatic rings. The van der Waals surface area contributed by atoms with Crippen LogP contribution in [0.3, 0.4) is 0 Å². The molecule has 30 heavy (non-hydrogen) atoms. The molecular weight excluding hydrogens is 362 g/mol. The Kier molecular flexibility index (Phi) is 4.62. The van der Waals surface area contributed by atoms with Gasteiger partial charge in [0, 0.05) is 27.7 Å². The van der Waals surface area contributed by atoms with Crippen molar-refractivity contribution in [2.75, 3.05) is 0 Å². The summed E-state index contributed by atoms with van der Waals surface area (Å²) in [6.45, 7) is 9.19. The molecule has 0 radical (unpaired) electrons. The zero-order valence-corrected chi connectivity index (χ0v) is 18.2. The van der Waals surface area contributed by atoms with E-state index < -0.39 is 0 Å². The molecule has 0 bridgehead atoms. The van der Waals surface area contributed by atoms with Crippen LogP contribution in [0.15, 0.2) is 78.9 Å². The standard InChI is InChI=1S/C29H29N/c1-18(2)21-12-14-27-25(16-21)26-17-22(13-15-28(26)30-27)29(19(3)4)24-11-7-9-20-8-5-6-10-23(20)24/h5-19,29-30H,1-4H3. The quantitative estimate of drug-likeness (QED) is 0.316. The molecule has 0 spiro atoms. The number of aromatic nitrogens is 1. The molecule has 0 aliphatic carbocycles. The first-order chi connectivity index (χ1) is 14.5. The van der Waals surface area contributed by atoms with Crippen molar-refractivity contribution in [1.82, 2.24) is 4.98 Å². The first kappa shape index (κ1) is 18.9. The van der Waals surface area contributed by atoms with E-state index in [1.807, 2.05) is 0 Å². The van der Waals surface area contributed by atoms with E-state index in [1.165, 1.54) is 49.3 Å². The molecule has 1 heterocycles. The van der Waals surface area contributed by atoms with E-state index in [0.29, 0.717) is 17.8 Å². The van der Waals surface area contributed by atoms with Crippen molar-refractivity contribution < 1.29 is 0 Å². The largest absolute Gasteiger partial charge is 0.355 e. The first-order valence-electron chi connectivity index (χ1n) is 11.1. The third-order valence-electron chi connectivity index (χ3n) is 6.50. The van der Waals surface area contributed by atoms with Crippen molar-refractivity contribution >= 4 is 32.6 Å². The summed E-state index contributed by atoms with van der Waals surface area (Å²) in [6, 6.07) is 29.3. The van der Waals surface area contributed by atoms with Crippen LogP contribution in [-0.2, 0) is 0 Å². The van der Waals surface area contributed by atoms with Gasteiger partial charge in [0.1, 0.15) is 0 Å². The number of H-pyrrole nitrogens is 1. The molecule has 0 fully saturated rings. The minimum Gasteiger partial charge on any atom is -0.355 e. The smallest absolute Gasteiger partial charge is 0.0465 e. The van der Waals surface area contributed by atoms with Crippen LogP contribution in [0.2, 0.25) is 0 Å². The first-order valence-corrected chi connectivity index (χ1v) is 11.1. The van der Waals surface area contributed by atoms with E-state index in [2.05, 4.69) is 112 Å². The van der Waals surface area contributed by atoms with E-state index in [0.717, 1.165) is 0 Å². The van der Waals surface area contributed by atoms with Gasteiger partial charge in [-0.25, -0.2) is 0 Å². The molecule has 1 unspecified atom stereocenters. The van der Waals surface area contributed by atoms with Gasteiger partial charge in [0.25, 0.3) is 0 Å². The summed E-state index contributed by atoms with van der Waals surface area (Å²) in [6.07, 6.45) is 0. The number of benzene rings is 4. The maximum atomic E-state index is 3.61. The van der Waals surface area contributed by atoms with E-state index >= 15 is 0 Å². The SMILES string of the molecule is CC(C)c1ccc2[nH]c3ccc(C(c4cccc5ccccc45)C(C)C)cc3c2c1. The molecule has 5 aromatic rings. The normalized spacial score (nSPS) is 13.1. The van der Waals surface area contributed by atoms with Crippen molar-refractivity contribution in [3.8, 4) is 0 Å². The van der Waals surface area contributed by atoms with Crippen LogP contribution < -0.4 is 0 Å². The van der Waals surface area contributed by atoms with Crippen molar-refractivity contribution in [1.29, 1.82) is 0 Å². The second-order valence-electron chi connectivity index (χ2n) is 9.18. The van der Waals surface area contributed by atoms with Gasteiger partial charge in [-0.05, 0) is 63.6 Å². The lowest BCUT2D eigenvalue weighted by molar-refractivity contribution is 0.567. The van der Waals surface area contributed by atoms with Crippen molar-refractivity contribution in [3.05, 3.63) is 95.6 Å². The summed E-state index contributed by atoms with van der Waals surface area (Å²) in [5.74, 6) is 1.39. The van der Waals surface area contributed by atoms with E-state index in [9.17, 15) is 0 Å². The Balaban J connectivity index is 1.73. The van der Waals surface area contributed by atoms with Crippen LogP contribution in [0, 0.1) is 5.92 Å². The van der Waals surface area contributed by atoms with Gasteiger partial charge in [0.2, 0.25) is 0 Å². The predicted molar refractivity (Wildman–Crippen MR) is 131 cm³/mol. The van der Waals surface area contributed by atoms with Crippen LogP contribution in [0.25, 0.3) is 32.6 Å². The second kappa shape index (κ2) is 7.32. The molecular formula is C29H29N. The number of rotatable bonds is 4. The van der Waals surface area contributed by atoms with Gasteiger partial charge >= 0.3 is 0 Å². The average molecular weight is 392 g/mol. The number of hydrogen-bond donors (Lipinski definition) is 1. The molecule has 0 saturated carbocycles. The van der Waals surface area contributed by atoms with Gasteiger partial charge in [-0.3, -0.25) is 0 Å². The molecule has 1 aromatic heterocycles. The summed E-state index contributed by atoms with van der Waals surface area (Å²) in [5.41, 5.74) is 6.64. The van der Waals surface area contributed by atoms with Gasteiger partial charge in [-0.2, -0.15) is 0 Å². The highest BCUT2D eigenvalue weighted by Crippen LogP contribution is 2.38. The highest BCUT2D eigenvalue weighted by molar-refractivity contribution is 6.07. The van der Waals surface area contributed by atoms with Gasteiger partial charge in [-0.1, -0.05) is 82.3 Å². The fourth-order valence-electron chi connectivity index (χ4n) is 4.93. The summed E-state index contributed by atoms with van der Waals surface area (Å²) >= 11 is 0. The van der Waals surface area contributed by atoms with Crippen LogP contribution in [-0.4, -0.2) is 4.98 Å². The molecule has 1 N–H and O–H groups in total. The highest BCUT2D eigenvalue weighted by Gasteiger charge is 2.21. The zero-order valence-electron chi connectivity index (χ0n) is 18.2. The molecule has 1 atom stereocenters. The molecule has 5 rings (SSSR count). The lowest BCUT2D eigenvalue weighted by atomic mass is 9.80. The Labute approximate surface area is 178 Å². The number of nitrogens with one attached hydrogen (secondary N) is 1. The van der Waals surface area contributed by atoms with E-state index in [1.54, 1.807) is 0 Å². The van der Waals surface area contributed by atoms with Crippen molar-refractivity contribution in [2.45, 2.75) is 39.5 Å². The minimum atomic E-state index is 0.360. The van der Waals surface area contributed by atoms with Crippen LogP contribution in [0.4, 0.5) is 0 Å². The Morgan fingerprint density at radius 3 is 1.93 bits per heavy atom. The van der Waals surface area contributed by atoms with Crippen molar-refractivity contribution in [3.63, 3.8) is 0 Å². The molecule has 4 aromatic carbocycles. The molecule has 150 valence electrons. The van der Waals surface area contributed by atoms with Crippen LogP contribution in [0.5, 0.6) is 0 Å². The van der Waals surface area contributed by atoms with Crippen LogP contribution >= 0.6 is 0 Å².